The zero-order valence-corrected chi connectivity index (χ0v) is 10.4. The number of carbonyl (C=O) groups is 1. The molecule has 1 aromatic rings. The molecule has 1 fully saturated rings. The molecule has 1 aromatic carbocycles. The van der Waals surface area contributed by atoms with Crippen molar-refractivity contribution in [2.45, 2.75) is 32.3 Å². The predicted molar refractivity (Wildman–Crippen MR) is 68.6 cm³/mol. The molecule has 3 nitrogen and oxygen atoms in total. The van der Waals surface area contributed by atoms with E-state index in [0.717, 1.165) is 36.9 Å². The molecule has 0 spiro atoms. The van der Waals surface area contributed by atoms with Crippen molar-refractivity contribution in [1.29, 1.82) is 0 Å². The van der Waals surface area contributed by atoms with E-state index in [0.29, 0.717) is 12.1 Å². The summed E-state index contributed by atoms with van der Waals surface area (Å²) in [6.07, 6.45) is 2.68. The van der Waals surface area contributed by atoms with Crippen LogP contribution >= 0.6 is 0 Å². The fourth-order valence-electron chi connectivity index (χ4n) is 2.48. The molecule has 92 valence electrons. The highest BCUT2D eigenvalue weighted by Gasteiger charge is 2.29. The van der Waals surface area contributed by atoms with Crippen molar-refractivity contribution in [3.05, 3.63) is 29.3 Å². The van der Waals surface area contributed by atoms with Crippen molar-refractivity contribution in [1.82, 2.24) is 0 Å². The zero-order valence-electron chi connectivity index (χ0n) is 10.4. The third kappa shape index (κ3) is 2.67. The minimum atomic E-state index is -0.650. The molecule has 1 aliphatic rings. The Morgan fingerprint density at radius 3 is 2.88 bits per heavy atom. The molecule has 0 aromatic heterocycles. The van der Waals surface area contributed by atoms with Crippen molar-refractivity contribution in [2.75, 3.05) is 18.0 Å². The molecule has 0 radical (unpaired) electrons. The van der Waals surface area contributed by atoms with E-state index in [4.69, 9.17) is 0 Å². The number of aryl methyl sites for hydroxylation is 1. The lowest BCUT2D eigenvalue weighted by atomic mass is 9.94. The van der Waals surface area contributed by atoms with Crippen LogP contribution in [0.3, 0.4) is 0 Å². The Kier molecular flexibility index (Phi) is 3.20. The first-order valence-electron chi connectivity index (χ1n) is 6.05. The van der Waals surface area contributed by atoms with E-state index in [1.165, 1.54) is 0 Å². The first kappa shape index (κ1) is 12.1. The second-order valence-electron chi connectivity index (χ2n) is 5.20. The lowest BCUT2D eigenvalue weighted by Gasteiger charge is -2.38. The van der Waals surface area contributed by atoms with Crippen LogP contribution in [0.4, 0.5) is 5.69 Å². The maximum Gasteiger partial charge on any atom is 0.152 e. The van der Waals surface area contributed by atoms with E-state index in [-0.39, 0.29) is 0 Å². The van der Waals surface area contributed by atoms with Gasteiger partial charge in [0.2, 0.25) is 0 Å². The number of rotatable bonds is 2. The summed E-state index contributed by atoms with van der Waals surface area (Å²) < 4.78 is 0. The molecular formula is C14H19NO2. The standard InChI is InChI=1S/C14H19NO2/c1-11-4-5-13(12(8-11)9-16)15-7-3-6-14(2,17)10-15/h4-5,8-9,17H,3,6-7,10H2,1-2H3. The monoisotopic (exact) mass is 233 g/mol. The number of nitrogens with zero attached hydrogens (tertiary/aromatic N) is 1. The summed E-state index contributed by atoms with van der Waals surface area (Å²) in [4.78, 5) is 13.2. The third-order valence-electron chi connectivity index (χ3n) is 3.33. The summed E-state index contributed by atoms with van der Waals surface area (Å²) in [5, 5.41) is 10.1. The Bertz CT molecular complexity index is 426. The minimum absolute atomic E-state index is 0.594. The van der Waals surface area contributed by atoms with E-state index in [1.54, 1.807) is 0 Å². The van der Waals surface area contributed by atoms with Crippen LogP contribution in [0.15, 0.2) is 18.2 Å². The van der Waals surface area contributed by atoms with Gasteiger partial charge in [0.1, 0.15) is 0 Å². The van der Waals surface area contributed by atoms with Gasteiger partial charge >= 0.3 is 0 Å². The topological polar surface area (TPSA) is 40.5 Å². The molecule has 1 saturated heterocycles. The summed E-state index contributed by atoms with van der Waals surface area (Å²) in [5.41, 5.74) is 2.08. The van der Waals surface area contributed by atoms with Crippen molar-refractivity contribution in [2.24, 2.45) is 0 Å². The molecule has 2 rings (SSSR count). The summed E-state index contributed by atoms with van der Waals surface area (Å²) in [6, 6.07) is 5.87. The van der Waals surface area contributed by atoms with Crippen molar-refractivity contribution < 1.29 is 9.90 Å². The SMILES string of the molecule is Cc1ccc(N2CCCC(C)(O)C2)c(C=O)c1. The minimum Gasteiger partial charge on any atom is -0.388 e. The van der Waals surface area contributed by atoms with Gasteiger partial charge in [-0.05, 0) is 38.8 Å². The molecule has 0 aliphatic carbocycles. The van der Waals surface area contributed by atoms with Gasteiger partial charge < -0.3 is 10.0 Å². The predicted octanol–water partition coefficient (Wildman–Crippen LogP) is 2.16. The Labute approximate surface area is 102 Å². The van der Waals surface area contributed by atoms with Crippen LogP contribution in [0.2, 0.25) is 0 Å². The van der Waals surface area contributed by atoms with E-state index < -0.39 is 5.60 Å². The van der Waals surface area contributed by atoms with Gasteiger partial charge in [-0.1, -0.05) is 11.6 Å². The number of piperidine rings is 1. The molecule has 3 heteroatoms. The fraction of sp³-hybridized carbons (Fsp3) is 0.500. The van der Waals surface area contributed by atoms with Crippen LogP contribution in [0.25, 0.3) is 0 Å². The van der Waals surface area contributed by atoms with E-state index >= 15 is 0 Å². The Hall–Kier alpha value is -1.35. The van der Waals surface area contributed by atoms with Gasteiger partial charge in [0.25, 0.3) is 0 Å². The van der Waals surface area contributed by atoms with Gasteiger partial charge in [-0.3, -0.25) is 4.79 Å². The van der Waals surface area contributed by atoms with Crippen LogP contribution < -0.4 is 4.90 Å². The number of aliphatic hydroxyl groups is 1. The Balaban J connectivity index is 2.30. The summed E-state index contributed by atoms with van der Waals surface area (Å²) >= 11 is 0. The average molecular weight is 233 g/mol. The normalized spacial score (nSPS) is 24.8. The number of aldehydes is 1. The molecule has 1 heterocycles. The maximum absolute atomic E-state index is 11.1. The second-order valence-corrected chi connectivity index (χ2v) is 5.20. The Morgan fingerprint density at radius 2 is 2.24 bits per heavy atom. The molecule has 0 saturated carbocycles. The summed E-state index contributed by atoms with van der Waals surface area (Å²) in [6.45, 7) is 5.33. The molecular weight excluding hydrogens is 214 g/mol. The summed E-state index contributed by atoms with van der Waals surface area (Å²) in [7, 11) is 0. The number of hydrogen-bond acceptors (Lipinski definition) is 3. The van der Waals surface area contributed by atoms with Crippen LogP contribution in [-0.4, -0.2) is 30.1 Å². The van der Waals surface area contributed by atoms with E-state index in [2.05, 4.69) is 4.90 Å². The molecule has 1 N–H and O–H groups in total. The van der Waals surface area contributed by atoms with Crippen LogP contribution in [0.5, 0.6) is 0 Å². The average Bonchev–Trinajstić information content (AvgIpc) is 2.27. The molecule has 17 heavy (non-hydrogen) atoms. The van der Waals surface area contributed by atoms with Crippen LogP contribution in [0, 0.1) is 6.92 Å². The van der Waals surface area contributed by atoms with E-state index in [1.807, 2.05) is 32.0 Å². The quantitative estimate of drug-likeness (QED) is 0.796. The zero-order chi connectivity index (χ0) is 12.5. The van der Waals surface area contributed by atoms with Crippen molar-refractivity contribution >= 4 is 12.0 Å². The largest absolute Gasteiger partial charge is 0.388 e. The van der Waals surface area contributed by atoms with Crippen LogP contribution in [-0.2, 0) is 0 Å². The highest BCUT2D eigenvalue weighted by molar-refractivity contribution is 5.85. The number of hydrogen-bond donors (Lipinski definition) is 1. The van der Waals surface area contributed by atoms with Gasteiger partial charge in [0.15, 0.2) is 6.29 Å². The number of anilines is 1. The van der Waals surface area contributed by atoms with Crippen molar-refractivity contribution in [3.8, 4) is 0 Å². The lowest BCUT2D eigenvalue weighted by Crippen LogP contribution is -2.46. The van der Waals surface area contributed by atoms with Crippen molar-refractivity contribution in [3.63, 3.8) is 0 Å². The number of carbonyl (C=O) groups excluding carboxylic acids is 1. The van der Waals surface area contributed by atoms with Crippen LogP contribution in [0.1, 0.15) is 35.7 Å². The highest BCUT2D eigenvalue weighted by atomic mass is 16.3. The Morgan fingerprint density at radius 1 is 1.47 bits per heavy atom. The molecule has 1 unspecified atom stereocenters. The molecule has 1 atom stereocenters. The van der Waals surface area contributed by atoms with Gasteiger partial charge in [-0.2, -0.15) is 0 Å². The first-order valence-corrected chi connectivity index (χ1v) is 6.05. The molecule has 0 bridgehead atoms. The lowest BCUT2D eigenvalue weighted by molar-refractivity contribution is 0.0448. The fourth-order valence-corrected chi connectivity index (χ4v) is 2.48. The summed E-state index contributed by atoms with van der Waals surface area (Å²) in [5.74, 6) is 0. The maximum atomic E-state index is 11.1. The smallest absolute Gasteiger partial charge is 0.152 e. The third-order valence-corrected chi connectivity index (χ3v) is 3.33. The second kappa shape index (κ2) is 4.49. The highest BCUT2D eigenvalue weighted by Crippen LogP contribution is 2.28. The molecule has 0 amide bonds. The van der Waals surface area contributed by atoms with Gasteiger partial charge in [0.05, 0.1) is 5.60 Å². The molecule has 1 aliphatic heterocycles. The van der Waals surface area contributed by atoms with E-state index in [9.17, 15) is 9.90 Å². The number of β-amino-alcohol motifs (C(OH)–C–C–N with tert-alkyl or cyclic N) is 1. The first-order chi connectivity index (χ1) is 8.02. The van der Waals surface area contributed by atoms with Gasteiger partial charge in [0, 0.05) is 24.3 Å². The number of benzene rings is 1. The van der Waals surface area contributed by atoms with Gasteiger partial charge in [-0.25, -0.2) is 0 Å². The van der Waals surface area contributed by atoms with Gasteiger partial charge in [-0.15, -0.1) is 0 Å².